The van der Waals surface area contributed by atoms with Crippen LogP contribution in [0.2, 0.25) is 0 Å². The Labute approximate surface area is 172 Å². The Kier molecular flexibility index (Phi) is 6.95. The zero-order chi connectivity index (χ0) is 20.6. The monoisotopic (exact) mass is 388 g/mol. The van der Waals surface area contributed by atoms with Gasteiger partial charge in [0.05, 0.1) is 5.56 Å². The molecule has 3 aromatic rings. The van der Waals surface area contributed by atoms with Gasteiger partial charge < -0.3 is 10.2 Å². The fraction of sp³-hybridized carbons (Fsp3) is 0.292. The average Bonchev–Trinajstić information content (AvgIpc) is 2.78. The smallest absolute Gasteiger partial charge is 0.258 e. The van der Waals surface area contributed by atoms with Gasteiger partial charge in [0.1, 0.15) is 0 Å². The van der Waals surface area contributed by atoms with Crippen molar-refractivity contribution in [2.45, 2.75) is 40.2 Å². The molecule has 0 atom stereocenters. The summed E-state index contributed by atoms with van der Waals surface area (Å²) >= 11 is 0. The van der Waals surface area contributed by atoms with Gasteiger partial charge in [-0.15, -0.1) is 0 Å². The molecule has 1 amide bonds. The van der Waals surface area contributed by atoms with Crippen molar-refractivity contribution in [3.63, 3.8) is 0 Å². The first-order valence-corrected chi connectivity index (χ1v) is 10.2. The number of anilines is 2. The van der Waals surface area contributed by atoms with Crippen LogP contribution in [0, 0.1) is 0 Å². The highest BCUT2D eigenvalue weighted by molar-refractivity contribution is 6.04. The van der Waals surface area contributed by atoms with Crippen molar-refractivity contribution in [1.29, 1.82) is 0 Å². The van der Waals surface area contributed by atoms with Gasteiger partial charge >= 0.3 is 0 Å². The second-order valence-corrected chi connectivity index (χ2v) is 6.88. The van der Waals surface area contributed by atoms with Gasteiger partial charge in [-0.3, -0.25) is 4.79 Å². The molecule has 2 aromatic carbocycles. The molecule has 0 bridgehead atoms. The maximum atomic E-state index is 12.8. The van der Waals surface area contributed by atoms with Crippen LogP contribution in [0.1, 0.15) is 47.8 Å². The minimum Gasteiger partial charge on any atom is -0.337 e. The highest BCUT2D eigenvalue weighted by Crippen LogP contribution is 2.23. The third-order valence-electron chi connectivity index (χ3n) is 5.02. The fourth-order valence-electron chi connectivity index (χ4n) is 3.32. The number of carbonyl (C=O) groups is 1. The summed E-state index contributed by atoms with van der Waals surface area (Å²) in [4.78, 5) is 23.8. The standard InChI is InChI=1S/C24H28N4O/c1-4-19-13-10-14-20(5-2)22(19)27-23(29)21-15-25-24(26-16-21)28(6-3)17-18-11-8-7-9-12-18/h7-16H,4-6,17H2,1-3H3,(H,27,29). The van der Waals surface area contributed by atoms with Crippen molar-refractivity contribution in [2.75, 3.05) is 16.8 Å². The third-order valence-corrected chi connectivity index (χ3v) is 5.02. The Hall–Kier alpha value is -3.21. The Morgan fingerprint density at radius 1 is 0.897 bits per heavy atom. The lowest BCUT2D eigenvalue weighted by atomic mass is 10.0. The van der Waals surface area contributed by atoms with Gasteiger partial charge in [0.25, 0.3) is 5.91 Å². The molecule has 0 aliphatic heterocycles. The van der Waals surface area contributed by atoms with Crippen molar-refractivity contribution in [3.8, 4) is 0 Å². The maximum absolute atomic E-state index is 12.8. The molecule has 1 heterocycles. The summed E-state index contributed by atoms with van der Waals surface area (Å²) in [7, 11) is 0. The summed E-state index contributed by atoms with van der Waals surface area (Å²) in [5.74, 6) is 0.439. The number of aromatic nitrogens is 2. The van der Waals surface area contributed by atoms with Gasteiger partial charge in [-0.2, -0.15) is 0 Å². The van der Waals surface area contributed by atoms with Crippen molar-refractivity contribution >= 4 is 17.5 Å². The van der Waals surface area contributed by atoms with Crippen LogP contribution in [0.3, 0.4) is 0 Å². The number of hydrogen-bond donors (Lipinski definition) is 1. The molecule has 0 fully saturated rings. The first-order valence-electron chi connectivity index (χ1n) is 10.2. The molecule has 3 rings (SSSR count). The van der Waals surface area contributed by atoms with E-state index in [1.807, 2.05) is 24.3 Å². The minimum absolute atomic E-state index is 0.182. The van der Waals surface area contributed by atoms with Crippen molar-refractivity contribution in [3.05, 3.63) is 83.2 Å². The molecule has 5 heteroatoms. The average molecular weight is 389 g/mol. The van der Waals surface area contributed by atoms with Crippen molar-refractivity contribution in [1.82, 2.24) is 9.97 Å². The molecule has 0 saturated carbocycles. The summed E-state index contributed by atoms with van der Waals surface area (Å²) < 4.78 is 0. The molecule has 0 saturated heterocycles. The lowest BCUT2D eigenvalue weighted by Gasteiger charge is -2.21. The molecule has 0 radical (unpaired) electrons. The summed E-state index contributed by atoms with van der Waals surface area (Å²) in [6.07, 6.45) is 4.94. The molecular weight excluding hydrogens is 360 g/mol. The van der Waals surface area contributed by atoms with E-state index in [2.05, 4.69) is 65.2 Å². The van der Waals surface area contributed by atoms with E-state index in [0.717, 1.165) is 42.7 Å². The van der Waals surface area contributed by atoms with E-state index in [0.29, 0.717) is 11.5 Å². The highest BCUT2D eigenvalue weighted by Gasteiger charge is 2.14. The number of para-hydroxylation sites is 1. The van der Waals surface area contributed by atoms with Crippen LogP contribution in [-0.2, 0) is 19.4 Å². The summed E-state index contributed by atoms with van der Waals surface area (Å²) in [6.45, 7) is 7.76. The van der Waals surface area contributed by atoms with Gasteiger partial charge in [0, 0.05) is 31.2 Å². The predicted octanol–water partition coefficient (Wildman–Crippen LogP) is 4.88. The Balaban J connectivity index is 1.75. The predicted molar refractivity (Wildman–Crippen MR) is 118 cm³/mol. The molecule has 0 unspecified atom stereocenters. The van der Waals surface area contributed by atoms with Gasteiger partial charge in [-0.25, -0.2) is 9.97 Å². The largest absolute Gasteiger partial charge is 0.337 e. The van der Waals surface area contributed by atoms with Gasteiger partial charge in [0.2, 0.25) is 5.95 Å². The second kappa shape index (κ2) is 9.82. The normalized spacial score (nSPS) is 10.6. The molecule has 29 heavy (non-hydrogen) atoms. The van der Waals surface area contributed by atoms with Gasteiger partial charge in [-0.1, -0.05) is 62.4 Å². The fourth-order valence-corrected chi connectivity index (χ4v) is 3.32. The summed E-state index contributed by atoms with van der Waals surface area (Å²) in [6, 6.07) is 16.4. The minimum atomic E-state index is -0.182. The second-order valence-electron chi connectivity index (χ2n) is 6.88. The van der Waals surface area contributed by atoms with E-state index >= 15 is 0 Å². The van der Waals surface area contributed by atoms with Gasteiger partial charge in [-0.05, 0) is 36.5 Å². The molecule has 0 aliphatic carbocycles. The van der Waals surface area contributed by atoms with E-state index in [9.17, 15) is 4.79 Å². The van der Waals surface area contributed by atoms with Crippen LogP contribution in [0.15, 0.2) is 60.9 Å². The number of amides is 1. The van der Waals surface area contributed by atoms with Crippen LogP contribution < -0.4 is 10.2 Å². The van der Waals surface area contributed by atoms with Crippen LogP contribution in [0.4, 0.5) is 11.6 Å². The lowest BCUT2D eigenvalue weighted by molar-refractivity contribution is 0.102. The van der Waals surface area contributed by atoms with E-state index in [1.54, 1.807) is 12.4 Å². The van der Waals surface area contributed by atoms with E-state index in [-0.39, 0.29) is 5.91 Å². The molecule has 0 aliphatic rings. The number of carbonyl (C=O) groups excluding carboxylic acids is 1. The first-order chi connectivity index (χ1) is 14.2. The van der Waals surface area contributed by atoms with Crippen LogP contribution in [0.5, 0.6) is 0 Å². The van der Waals surface area contributed by atoms with E-state index in [1.165, 1.54) is 5.56 Å². The Morgan fingerprint density at radius 3 is 2.07 bits per heavy atom. The number of nitrogens with zero attached hydrogens (tertiary/aromatic N) is 3. The molecule has 150 valence electrons. The van der Waals surface area contributed by atoms with Crippen LogP contribution in [-0.4, -0.2) is 22.4 Å². The molecule has 1 N–H and O–H groups in total. The van der Waals surface area contributed by atoms with Crippen molar-refractivity contribution < 1.29 is 4.79 Å². The molecular formula is C24H28N4O. The number of rotatable bonds is 8. The molecule has 0 spiro atoms. The van der Waals surface area contributed by atoms with Crippen molar-refractivity contribution in [2.24, 2.45) is 0 Å². The summed E-state index contributed by atoms with van der Waals surface area (Å²) in [5.41, 5.74) is 4.83. The number of nitrogens with one attached hydrogen (secondary N) is 1. The number of aryl methyl sites for hydroxylation is 2. The zero-order valence-corrected chi connectivity index (χ0v) is 17.4. The number of benzene rings is 2. The number of hydrogen-bond acceptors (Lipinski definition) is 4. The Morgan fingerprint density at radius 2 is 1.52 bits per heavy atom. The third kappa shape index (κ3) is 4.99. The topological polar surface area (TPSA) is 58.1 Å². The summed E-state index contributed by atoms with van der Waals surface area (Å²) in [5, 5.41) is 3.07. The quantitative estimate of drug-likeness (QED) is 0.597. The van der Waals surface area contributed by atoms with E-state index < -0.39 is 0 Å². The maximum Gasteiger partial charge on any atom is 0.258 e. The SMILES string of the molecule is CCc1cccc(CC)c1NC(=O)c1cnc(N(CC)Cc2ccccc2)nc1. The molecule has 1 aromatic heterocycles. The van der Waals surface area contributed by atoms with E-state index in [4.69, 9.17) is 0 Å². The van der Waals surface area contributed by atoms with Crippen LogP contribution >= 0.6 is 0 Å². The lowest BCUT2D eigenvalue weighted by Crippen LogP contribution is -2.24. The first kappa shape index (κ1) is 20.5. The highest BCUT2D eigenvalue weighted by atomic mass is 16.1. The van der Waals surface area contributed by atoms with Crippen LogP contribution in [0.25, 0.3) is 0 Å². The zero-order valence-electron chi connectivity index (χ0n) is 17.4. The Bertz CT molecular complexity index is 917. The van der Waals surface area contributed by atoms with Gasteiger partial charge in [0.15, 0.2) is 0 Å². The molecule has 5 nitrogen and oxygen atoms in total.